The van der Waals surface area contributed by atoms with Crippen LogP contribution in [-0.2, 0) is 13.7 Å². The topological polar surface area (TPSA) is 107 Å². The maximum Gasteiger partial charge on any atom is 0.356 e. The summed E-state index contributed by atoms with van der Waals surface area (Å²) in [4.78, 5) is 23.7. The van der Waals surface area contributed by atoms with Crippen LogP contribution in [0, 0.1) is 6.92 Å². The van der Waals surface area contributed by atoms with Crippen molar-refractivity contribution in [2.24, 2.45) is 7.05 Å². The van der Waals surface area contributed by atoms with E-state index in [4.69, 9.17) is 20.8 Å². The lowest BCUT2D eigenvalue weighted by Gasteiger charge is -2.15. The summed E-state index contributed by atoms with van der Waals surface area (Å²) in [5.41, 5.74) is 1.84. The number of carboxylic acid groups (broad SMARTS) is 1. The molecule has 0 bridgehead atoms. The van der Waals surface area contributed by atoms with Crippen LogP contribution in [0.5, 0.6) is 5.75 Å². The highest BCUT2D eigenvalue weighted by Crippen LogP contribution is 2.32. The Hall–Kier alpha value is -3.26. The van der Waals surface area contributed by atoms with E-state index in [9.17, 15) is 14.7 Å². The number of halogens is 1. The van der Waals surface area contributed by atoms with Crippen LogP contribution < -0.4 is 10.1 Å². The zero-order valence-corrected chi connectivity index (χ0v) is 17.8. The smallest absolute Gasteiger partial charge is 0.356 e. The first-order valence-corrected chi connectivity index (χ1v) is 9.63. The Kier molecular flexibility index (Phi) is 6.17. The number of carbonyl (C=O) groups is 2. The molecule has 9 heteroatoms. The molecule has 2 aromatic heterocycles. The molecule has 2 N–H and O–H groups in total. The fraction of sp³-hybridized carbons (Fsp3) is 0.286. The van der Waals surface area contributed by atoms with E-state index in [1.54, 1.807) is 6.07 Å². The number of rotatable bonds is 7. The molecule has 1 aromatic carbocycles. The molecule has 0 spiro atoms. The highest BCUT2D eigenvalue weighted by Gasteiger charge is 2.20. The monoisotopic (exact) mass is 431 g/mol. The van der Waals surface area contributed by atoms with Gasteiger partial charge in [-0.25, -0.2) is 4.79 Å². The van der Waals surface area contributed by atoms with E-state index in [1.165, 1.54) is 24.0 Å². The molecular weight excluding hydrogens is 410 g/mol. The van der Waals surface area contributed by atoms with Gasteiger partial charge in [-0.1, -0.05) is 25.4 Å². The van der Waals surface area contributed by atoms with Crippen molar-refractivity contribution in [1.29, 1.82) is 0 Å². The molecule has 0 aliphatic heterocycles. The number of amides is 1. The van der Waals surface area contributed by atoms with E-state index >= 15 is 0 Å². The normalized spacial score (nSPS) is 11.0. The third-order valence-corrected chi connectivity index (χ3v) is 4.97. The van der Waals surface area contributed by atoms with Crippen molar-refractivity contribution in [2.45, 2.75) is 33.3 Å². The highest BCUT2D eigenvalue weighted by molar-refractivity contribution is 6.31. The quantitative estimate of drug-likeness (QED) is 0.565. The lowest BCUT2D eigenvalue weighted by atomic mass is 10.0. The number of nitrogens with zero attached hydrogens (tertiary/aromatic N) is 2. The lowest BCUT2D eigenvalue weighted by Crippen LogP contribution is -2.15. The maximum absolute atomic E-state index is 12.4. The SMILES string of the molecule is Cc1cc(OCc2ccc(C(=O)Nc3cnn(C)c3C(=O)O)o2)c(C(C)C)cc1Cl. The van der Waals surface area contributed by atoms with Gasteiger partial charge >= 0.3 is 5.97 Å². The van der Waals surface area contributed by atoms with Crippen molar-refractivity contribution in [2.75, 3.05) is 5.32 Å². The van der Waals surface area contributed by atoms with E-state index in [0.29, 0.717) is 16.5 Å². The first kappa shape index (κ1) is 21.4. The van der Waals surface area contributed by atoms with Crippen LogP contribution in [0.4, 0.5) is 5.69 Å². The van der Waals surface area contributed by atoms with Gasteiger partial charge < -0.3 is 19.6 Å². The van der Waals surface area contributed by atoms with Gasteiger partial charge in [0.05, 0.1) is 11.9 Å². The van der Waals surface area contributed by atoms with Crippen LogP contribution >= 0.6 is 11.6 Å². The molecule has 0 aliphatic carbocycles. The Morgan fingerprint density at radius 1 is 1.33 bits per heavy atom. The van der Waals surface area contributed by atoms with Gasteiger partial charge in [0.2, 0.25) is 0 Å². The Balaban J connectivity index is 1.71. The van der Waals surface area contributed by atoms with Crippen LogP contribution in [-0.4, -0.2) is 26.8 Å². The van der Waals surface area contributed by atoms with Gasteiger partial charge in [0.15, 0.2) is 11.5 Å². The highest BCUT2D eigenvalue weighted by atomic mass is 35.5. The molecule has 1 amide bonds. The zero-order chi connectivity index (χ0) is 22.0. The van der Waals surface area contributed by atoms with E-state index in [0.717, 1.165) is 11.1 Å². The number of hydrogen-bond donors (Lipinski definition) is 2. The number of hydrogen-bond acceptors (Lipinski definition) is 5. The number of ether oxygens (including phenoxy) is 1. The Bertz CT molecular complexity index is 1100. The summed E-state index contributed by atoms with van der Waals surface area (Å²) in [6, 6.07) is 6.91. The summed E-state index contributed by atoms with van der Waals surface area (Å²) in [5.74, 6) is -0.369. The summed E-state index contributed by atoms with van der Waals surface area (Å²) in [6.45, 7) is 6.12. The third-order valence-electron chi connectivity index (χ3n) is 4.56. The van der Waals surface area contributed by atoms with Gasteiger partial charge in [0.1, 0.15) is 18.1 Å². The third kappa shape index (κ3) is 4.49. The summed E-state index contributed by atoms with van der Waals surface area (Å²) in [7, 11) is 1.48. The number of anilines is 1. The van der Waals surface area contributed by atoms with E-state index < -0.39 is 11.9 Å². The molecule has 0 saturated heterocycles. The Morgan fingerprint density at radius 3 is 2.73 bits per heavy atom. The minimum atomic E-state index is -1.20. The van der Waals surface area contributed by atoms with E-state index in [-0.39, 0.29) is 29.7 Å². The number of furan rings is 1. The minimum Gasteiger partial charge on any atom is -0.485 e. The number of nitrogens with one attached hydrogen (secondary N) is 1. The van der Waals surface area contributed by atoms with Crippen molar-refractivity contribution in [3.8, 4) is 5.75 Å². The first-order valence-electron chi connectivity index (χ1n) is 9.25. The van der Waals surface area contributed by atoms with E-state index in [1.807, 2.05) is 32.9 Å². The average Bonchev–Trinajstić information content (AvgIpc) is 3.29. The second kappa shape index (κ2) is 8.62. The summed E-state index contributed by atoms with van der Waals surface area (Å²) < 4.78 is 12.6. The van der Waals surface area contributed by atoms with Crippen LogP contribution in [0.1, 0.15) is 57.7 Å². The minimum absolute atomic E-state index is 0.0326. The van der Waals surface area contributed by atoms with Crippen LogP contribution in [0.2, 0.25) is 5.02 Å². The van der Waals surface area contributed by atoms with Crippen molar-refractivity contribution in [3.05, 3.63) is 63.8 Å². The lowest BCUT2D eigenvalue weighted by molar-refractivity contribution is 0.0686. The van der Waals surface area contributed by atoms with Gasteiger partial charge in [-0.05, 0) is 48.2 Å². The molecule has 0 unspecified atom stereocenters. The Labute approximate surface area is 178 Å². The fourth-order valence-electron chi connectivity index (χ4n) is 2.94. The molecular formula is C21H22ClN3O5. The van der Waals surface area contributed by atoms with Gasteiger partial charge in [0.25, 0.3) is 5.91 Å². The van der Waals surface area contributed by atoms with Crippen molar-refractivity contribution < 1.29 is 23.8 Å². The predicted octanol–water partition coefficient (Wildman–Crippen LogP) is 4.63. The Morgan fingerprint density at radius 2 is 2.07 bits per heavy atom. The standard InChI is InChI=1S/C21H22ClN3O5/c1-11(2)14-8-15(22)12(3)7-18(14)29-10-13-5-6-17(30-13)20(26)24-16-9-23-25(4)19(16)21(27)28/h5-9,11H,10H2,1-4H3,(H,24,26)(H,27,28). The van der Waals surface area contributed by atoms with Crippen LogP contribution in [0.3, 0.4) is 0 Å². The van der Waals surface area contributed by atoms with E-state index in [2.05, 4.69) is 10.4 Å². The molecule has 0 fully saturated rings. The molecule has 30 heavy (non-hydrogen) atoms. The average molecular weight is 432 g/mol. The van der Waals surface area contributed by atoms with Crippen molar-refractivity contribution in [1.82, 2.24) is 9.78 Å². The molecule has 8 nitrogen and oxygen atoms in total. The molecule has 0 atom stereocenters. The number of aromatic nitrogens is 2. The first-order chi connectivity index (χ1) is 14.2. The van der Waals surface area contributed by atoms with Crippen molar-refractivity contribution in [3.63, 3.8) is 0 Å². The molecule has 158 valence electrons. The molecule has 3 aromatic rings. The summed E-state index contributed by atoms with van der Waals surface area (Å²) >= 11 is 6.22. The van der Waals surface area contributed by atoms with Crippen LogP contribution in [0.15, 0.2) is 34.9 Å². The molecule has 0 saturated carbocycles. The number of aromatic carboxylic acids is 1. The summed E-state index contributed by atoms with van der Waals surface area (Å²) in [5, 5.41) is 16.3. The number of benzene rings is 1. The van der Waals surface area contributed by atoms with Crippen LogP contribution in [0.25, 0.3) is 0 Å². The van der Waals surface area contributed by atoms with Gasteiger partial charge in [-0.15, -0.1) is 0 Å². The number of aryl methyl sites for hydroxylation is 2. The zero-order valence-electron chi connectivity index (χ0n) is 17.0. The second-order valence-electron chi connectivity index (χ2n) is 7.14. The van der Waals surface area contributed by atoms with Crippen molar-refractivity contribution >= 4 is 29.2 Å². The largest absolute Gasteiger partial charge is 0.485 e. The second-order valence-corrected chi connectivity index (χ2v) is 7.55. The summed E-state index contributed by atoms with van der Waals surface area (Å²) in [6.07, 6.45) is 1.27. The van der Waals surface area contributed by atoms with Gasteiger partial charge in [0, 0.05) is 12.1 Å². The molecule has 3 rings (SSSR count). The fourth-order valence-corrected chi connectivity index (χ4v) is 3.11. The van der Waals surface area contributed by atoms with Gasteiger partial charge in [-0.3, -0.25) is 9.48 Å². The number of carbonyl (C=O) groups excluding carboxylic acids is 1. The predicted molar refractivity (Wildman–Crippen MR) is 111 cm³/mol. The molecule has 0 radical (unpaired) electrons. The molecule has 2 heterocycles. The maximum atomic E-state index is 12.4. The molecule has 0 aliphatic rings. The van der Waals surface area contributed by atoms with Gasteiger partial charge in [-0.2, -0.15) is 5.10 Å². The number of carboxylic acids is 1.